The predicted octanol–water partition coefficient (Wildman–Crippen LogP) is 4.30. The molecular weight excluding hydrogens is 448 g/mol. The zero-order valence-electron chi connectivity index (χ0n) is 20.6. The summed E-state index contributed by atoms with van der Waals surface area (Å²) in [7, 11) is 0. The van der Waals surface area contributed by atoms with Crippen LogP contribution in [0, 0.1) is 0 Å². The topological polar surface area (TPSA) is 105 Å². The van der Waals surface area contributed by atoms with Crippen LogP contribution in [0.5, 0.6) is 0 Å². The normalized spacial score (nSPS) is 19.6. The molecule has 2 aromatic rings. The quantitative estimate of drug-likeness (QED) is 0.581. The number of carboxylic acids is 1. The van der Waals surface area contributed by atoms with E-state index in [1.165, 1.54) is 4.90 Å². The summed E-state index contributed by atoms with van der Waals surface area (Å²) in [6.45, 7) is 7.10. The van der Waals surface area contributed by atoms with Crippen LogP contribution >= 0.6 is 0 Å². The number of carboxylic acid groups (broad SMARTS) is 1. The number of amides is 2. The molecule has 3 rings (SSSR count). The standard InChI is InChI=1S/C27H34N2O6/c1-18(34-17-19-11-7-5-8-12-19)23(28-26(33)35-27(2,3)4)24(30)29-21(15-16-22(29)25(31)32)20-13-9-6-10-14-20/h5-14,18,21-23H,15-17H2,1-4H3,(H,28,33)(H,31,32)/t18?,21-,22+,23?/m0/s1. The van der Waals surface area contributed by atoms with Crippen molar-refractivity contribution in [3.8, 4) is 0 Å². The average molecular weight is 483 g/mol. The highest BCUT2D eigenvalue weighted by Crippen LogP contribution is 2.37. The molecule has 2 aromatic carbocycles. The molecule has 0 spiro atoms. The van der Waals surface area contributed by atoms with Crippen molar-refractivity contribution in [3.05, 3.63) is 71.8 Å². The largest absolute Gasteiger partial charge is 0.480 e. The Labute approximate surface area is 206 Å². The number of ether oxygens (including phenoxy) is 2. The molecule has 1 aliphatic heterocycles. The van der Waals surface area contributed by atoms with E-state index in [1.807, 2.05) is 60.7 Å². The van der Waals surface area contributed by atoms with E-state index >= 15 is 0 Å². The van der Waals surface area contributed by atoms with Crippen LogP contribution in [0.25, 0.3) is 0 Å². The first kappa shape index (κ1) is 26.2. The lowest BCUT2D eigenvalue weighted by molar-refractivity contribution is -0.152. The molecule has 2 N–H and O–H groups in total. The van der Waals surface area contributed by atoms with E-state index in [1.54, 1.807) is 27.7 Å². The van der Waals surface area contributed by atoms with Crippen LogP contribution < -0.4 is 5.32 Å². The fourth-order valence-electron chi connectivity index (χ4n) is 4.24. The van der Waals surface area contributed by atoms with E-state index in [4.69, 9.17) is 9.47 Å². The monoisotopic (exact) mass is 482 g/mol. The van der Waals surface area contributed by atoms with Crippen molar-refractivity contribution >= 4 is 18.0 Å². The number of nitrogens with one attached hydrogen (secondary N) is 1. The zero-order chi connectivity index (χ0) is 25.6. The second-order valence-electron chi connectivity index (χ2n) is 9.73. The number of carbonyl (C=O) groups is 3. The first-order chi connectivity index (χ1) is 16.6. The molecule has 1 aliphatic rings. The van der Waals surface area contributed by atoms with Crippen molar-refractivity contribution in [1.82, 2.24) is 10.2 Å². The molecule has 8 nitrogen and oxygen atoms in total. The van der Waals surface area contributed by atoms with E-state index in [2.05, 4.69) is 5.32 Å². The number of aliphatic carboxylic acids is 1. The Morgan fingerprint density at radius 1 is 1.03 bits per heavy atom. The van der Waals surface area contributed by atoms with Gasteiger partial charge in [-0.25, -0.2) is 9.59 Å². The zero-order valence-corrected chi connectivity index (χ0v) is 20.6. The van der Waals surface area contributed by atoms with Crippen LogP contribution in [0.3, 0.4) is 0 Å². The fourth-order valence-corrected chi connectivity index (χ4v) is 4.24. The molecule has 0 bridgehead atoms. The van der Waals surface area contributed by atoms with Crippen molar-refractivity contribution in [2.45, 2.75) is 77.0 Å². The minimum atomic E-state index is -1.14. The smallest absolute Gasteiger partial charge is 0.408 e. The molecule has 0 saturated carbocycles. The third-order valence-corrected chi connectivity index (χ3v) is 5.87. The Balaban J connectivity index is 1.88. The number of alkyl carbamates (subject to hydrolysis) is 1. The van der Waals surface area contributed by atoms with Crippen LogP contribution in [-0.4, -0.2) is 51.8 Å². The summed E-state index contributed by atoms with van der Waals surface area (Å²) in [4.78, 5) is 40.0. The average Bonchev–Trinajstić information content (AvgIpc) is 3.26. The highest BCUT2D eigenvalue weighted by molar-refractivity contribution is 5.90. The molecule has 188 valence electrons. The highest BCUT2D eigenvalue weighted by Gasteiger charge is 2.45. The Hall–Kier alpha value is -3.39. The van der Waals surface area contributed by atoms with E-state index in [0.29, 0.717) is 12.8 Å². The number of carbonyl (C=O) groups excluding carboxylic acids is 2. The third kappa shape index (κ3) is 7.05. The predicted molar refractivity (Wildman–Crippen MR) is 131 cm³/mol. The van der Waals surface area contributed by atoms with Crippen LogP contribution in [0.4, 0.5) is 4.79 Å². The van der Waals surface area contributed by atoms with Crippen molar-refractivity contribution < 1.29 is 29.0 Å². The Bertz CT molecular complexity index is 1010. The highest BCUT2D eigenvalue weighted by atomic mass is 16.6. The van der Waals surface area contributed by atoms with Crippen molar-refractivity contribution in [1.29, 1.82) is 0 Å². The van der Waals surface area contributed by atoms with Gasteiger partial charge < -0.3 is 24.8 Å². The second-order valence-corrected chi connectivity index (χ2v) is 9.73. The van der Waals surface area contributed by atoms with Gasteiger partial charge in [0.05, 0.1) is 18.8 Å². The molecule has 4 atom stereocenters. The summed E-state index contributed by atoms with van der Waals surface area (Å²) >= 11 is 0. The van der Waals surface area contributed by atoms with Gasteiger partial charge in [-0.05, 0) is 51.7 Å². The van der Waals surface area contributed by atoms with Gasteiger partial charge in [0, 0.05) is 0 Å². The van der Waals surface area contributed by atoms with Gasteiger partial charge in [-0.1, -0.05) is 60.7 Å². The molecule has 0 aliphatic carbocycles. The van der Waals surface area contributed by atoms with Gasteiger partial charge in [0.15, 0.2) is 0 Å². The molecule has 0 radical (unpaired) electrons. The molecule has 8 heteroatoms. The molecule has 1 saturated heterocycles. The molecule has 35 heavy (non-hydrogen) atoms. The van der Waals surface area contributed by atoms with Crippen LogP contribution in [0.2, 0.25) is 0 Å². The number of likely N-dealkylation sites (tertiary alicyclic amines) is 1. The summed E-state index contributed by atoms with van der Waals surface area (Å²) in [5.41, 5.74) is 0.989. The van der Waals surface area contributed by atoms with Crippen LogP contribution in [0.15, 0.2) is 60.7 Å². The molecule has 2 amide bonds. The number of hydrogen-bond acceptors (Lipinski definition) is 5. The molecule has 2 unspecified atom stereocenters. The number of nitrogens with zero attached hydrogens (tertiary/aromatic N) is 1. The first-order valence-corrected chi connectivity index (χ1v) is 11.8. The number of hydrogen-bond donors (Lipinski definition) is 2. The molecular formula is C27H34N2O6. The maximum atomic E-state index is 13.9. The third-order valence-electron chi connectivity index (χ3n) is 5.87. The molecule has 0 aromatic heterocycles. The Kier molecular flexibility index (Phi) is 8.51. The van der Waals surface area contributed by atoms with Gasteiger partial charge in [0.1, 0.15) is 17.7 Å². The van der Waals surface area contributed by atoms with Gasteiger partial charge in [0.2, 0.25) is 5.91 Å². The summed E-state index contributed by atoms with van der Waals surface area (Å²) in [5.74, 6) is -1.60. The van der Waals surface area contributed by atoms with Crippen molar-refractivity contribution in [2.24, 2.45) is 0 Å². The van der Waals surface area contributed by atoms with E-state index in [0.717, 1.165) is 11.1 Å². The van der Waals surface area contributed by atoms with E-state index < -0.39 is 47.8 Å². The summed E-state index contributed by atoms with van der Waals surface area (Å²) in [6, 6.07) is 16.2. The Morgan fingerprint density at radius 2 is 1.63 bits per heavy atom. The van der Waals surface area contributed by atoms with Gasteiger partial charge in [-0.15, -0.1) is 0 Å². The lowest BCUT2D eigenvalue weighted by Crippen LogP contribution is -2.57. The maximum Gasteiger partial charge on any atom is 0.408 e. The fraction of sp³-hybridized carbons (Fsp3) is 0.444. The van der Waals surface area contributed by atoms with Crippen LogP contribution in [-0.2, 0) is 25.7 Å². The maximum absolute atomic E-state index is 13.9. The van der Waals surface area contributed by atoms with E-state index in [9.17, 15) is 19.5 Å². The lowest BCUT2D eigenvalue weighted by atomic mass is 10.0. The number of benzene rings is 2. The molecule has 1 heterocycles. The summed E-state index contributed by atoms with van der Waals surface area (Å²) in [5, 5.41) is 12.5. The van der Waals surface area contributed by atoms with Gasteiger partial charge in [-0.2, -0.15) is 0 Å². The minimum absolute atomic E-state index is 0.228. The molecule has 1 fully saturated rings. The summed E-state index contributed by atoms with van der Waals surface area (Å²) in [6.07, 6.45) is -0.695. The first-order valence-electron chi connectivity index (χ1n) is 11.8. The second kappa shape index (κ2) is 11.4. The van der Waals surface area contributed by atoms with Gasteiger partial charge >= 0.3 is 12.1 Å². The van der Waals surface area contributed by atoms with E-state index in [-0.39, 0.29) is 6.61 Å². The minimum Gasteiger partial charge on any atom is -0.480 e. The Morgan fingerprint density at radius 3 is 2.20 bits per heavy atom. The lowest BCUT2D eigenvalue weighted by Gasteiger charge is -2.34. The number of rotatable bonds is 8. The summed E-state index contributed by atoms with van der Waals surface area (Å²) < 4.78 is 11.4. The van der Waals surface area contributed by atoms with Gasteiger partial charge in [0.25, 0.3) is 0 Å². The van der Waals surface area contributed by atoms with Crippen LogP contribution in [0.1, 0.15) is 57.7 Å². The van der Waals surface area contributed by atoms with Crippen molar-refractivity contribution in [2.75, 3.05) is 0 Å². The van der Waals surface area contributed by atoms with Gasteiger partial charge in [-0.3, -0.25) is 4.79 Å². The SMILES string of the molecule is CC(OCc1ccccc1)C(NC(=O)OC(C)(C)C)C(=O)N1[C@@H](C(=O)O)CC[C@H]1c1ccccc1. The van der Waals surface area contributed by atoms with Crippen molar-refractivity contribution in [3.63, 3.8) is 0 Å².